The van der Waals surface area contributed by atoms with Gasteiger partial charge in [-0.2, -0.15) is 5.10 Å². The molecule has 7 rings (SSSR count). The maximum absolute atomic E-state index is 12.3. The molecule has 0 radical (unpaired) electrons. The molecule has 2 aromatic heterocycles. The third-order valence-corrected chi connectivity index (χ3v) is 8.99. The van der Waals surface area contributed by atoms with E-state index in [4.69, 9.17) is 9.72 Å². The van der Waals surface area contributed by atoms with E-state index in [2.05, 4.69) is 52.5 Å². The van der Waals surface area contributed by atoms with Crippen molar-refractivity contribution in [2.75, 3.05) is 19.7 Å². The van der Waals surface area contributed by atoms with Gasteiger partial charge in [0.15, 0.2) is 5.65 Å². The zero-order valence-electron chi connectivity index (χ0n) is 22.7. The summed E-state index contributed by atoms with van der Waals surface area (Å²) in [6.07, 6.45) is 9.42. The first-order valence-electron chi connectivity index (χ1n) is 14.3. The number of rotatable bonds is 3. The Morgan fingerprint density at radius 3 is 2.67 bits per heavy atom. The number of benzene rings is 2. The predicted molar refractivity (Wildman–Crippen MR) is 153 cm³/mol. The van der Waals surface area contributed by atoms with Crippen molar-refractivity contribution < 1.29 is 9.53 Å². The number of fused-ring (bicyclic) bond motifs is 3. The summed E-state index contributed by atoms with van der Waals surface area (Å²) in [5, 5.41) is 11.5. The largest absolute Gasteiger partial charge is 0.491 e. The number of hydrogen-bond acceptors (Lipinski definition) is 5. The highest BCUT2D eigenvalue weighted by Crippen LogP contribution is 2.36. The molecule has 1 saturated heterocycles. The topological polar surface area (TPSA) is 83.1 Å². The van der Waals surface area contributed by atoms with Gasteiger partial charge in [0.05, 0.1) is 12.1 Å². The summed E-state index contributed by atoms with van der Waals surface area (Å²) in [4.78, 5) is 19.9. The Balaban J connectivity index is 1.22. The number of hydrogen-bond donors (Lipinski definition) is 2. The van der Waals surface area contributed by atoms with Gasteiger partial charge >= 0.3 is 0 Å². The normalized spacial score (nSPS) is 21.5. The van der Waals surface area contributed by atoms with Gasteiger partial charge in [0.1, 0.15) is 18.1 Å². The number of H-pyrrole nitrogens is 1. The Morgan fingerprint density at radius 1 is 1.00 bits per heavy atom. The van der Waals surface area contributed by atoms with Crippen LogP contribution in [0.25, 0.3) is 33.4 Å². The lowest BCUT2D eigenvalue weighted by atomic mass is 9.92. The molecule has 1 amide bonds. The van der Waals surface area contributed by atoms with Gasteiger partial charge in [-0.1, -0.05) is 18.2 Å². The minimum atomic E-state index is -0.107. The number of carbonyl (C=O) groups excluding carboxylic acids is 1. The van der Waals surface area contributed by atoms with Gasteiger partial charge in [0.25, 0.3) is 5.91 Å². The molecule has 2 aromatic carbocycles. The van der Waals surface area contributed by atoms with E-state index in [1.165, 1.54) is 54.5 Å². The minimum absolute atomic E-state index is 0.107. The van der Waals surface area contributed by atoms with E-state index < -0.39 is 0 Å². The van der Waals surface area contributed by atoms with Crippen LogP contribution in [0.5, 0.6) is 5.75 Å². The van der Waals surface area contributed by atoms with E-state index in [-0.39, 0.29) is 5.91 Å². The van der Waals surface area contributed by atoms with Gasteiger partial charge in [-0.05, 0) is 99.4 Å². The highest BCUT2D eigenvalue weighted by molar-refractivity contribution is 5.99. The maximum Gasteiger partial charge on any atom is 0.255 e. The summed E-state index contributed by atoms with van der Waals surface area (Å²) in [5.74, 6) is 0.482. The van der Waals surface area contributed by atoms with Crippen LogP contribution in [0.3, 0.4) is 0 Å². The third-order valence-electron chi connectivity index (χ3n) is 8.99. The fraction of sp³-hybridized carbons (Fsp3) is 0.406. The molecular formula is C32H35N5O2. The Bertz CT molecular complexity index is 1570. The molecule has 7 nitrogen and oxygen atoms in total. The second-order valence-electron chi connectivity index (χ2n) is 11.4. The van der Waals surface area contributed by atoms with Gasteiger partial charge < -0.3 is 10.1 Å². The molecule has 1 aliphatic carbocycles. The number of likely N-dealkylation sites (tertiary alicyclic amines) is 1. The van der Waals surface area contributed by atoms with E-state index in [0.717, 1.165) is 46.7 Å². The number of nitrogens with zero attached hydrogens (tertiary/aromatic N) is 3. The van der Waals surface area contributed by atoms with Crippen molar-refractivity contribution in [2.45, 2.75) is 64.5 Å². The maximum atomic E-state index is 12.3. The zero-order chi connectivity index (χ0) is 26.5. The van der Waals surface area contributed by atoms with E-state index in [9.17, 15) is 4.79 Å². The van der Waals surface area contributed by atoms with Crippen molar-refractivity contribution in [3.63, 3.8) is 0 Å². The van der Waals surface area contributed by atoms with Gasteiger partial charge in [0, 0.05) is 34.8 Å². The summed E-state index contributed by atoms with van der Waals surface area (Å²) in [5.41, 5.74) is 9.64. The van der Waals surface area contributed by atoms with Crippen LogP contribution >= 0.6 is 0 Å². The number of ether oxygens (including phenoxy) is 1. The average Bonchev–Trinajstić information content (AvgIpc) is 3.45. The molecule has 2 N–H and O–H groups in total. The van der Waals surface area contributed by atoms with Crippen LogP contribution in [-0.2, 0) is 12.8 Å². The standard InChI is InChI=1S/C32H35N5O2/c1-19-14-21-5-8-25(37-12-3-4-20(37)2)9-6-22(21)15-27(19)24-16-28-30(35-36-31(28)34-18-24)23-7-10-26-29(17-23)39-13-11-33-32(26)38/h7,10,14-18,20,25H,3-6,8-9,11-13H2,1-2H3,(H,33,38)(H,34,35,36)/t20-,25?/m1/s1. The predicted octanol–water partition coefficient (Wildman–Crippen LogP) is 5.45. The van der Waals surface area contributed by atoms with E-state index in [1.54, 1.807) is 0 Å². The molecule has 1 fully saturated rings. The molecule has 0 bridgehead atoms. The van der Waals surface area contributed by atoms with Crippen LogP contribution in [0.2, 0.25) is 0 Å². The van der Waals surface area contributed by atoms with Crippen LogP contribution in [-0.4, -0.2) is 57.8 Å². The SMILES string of the molecule is Cc1cc2c(cc1-c1cnc3[nH]nc(-c4ccc5c(c4)OCCNC5=O)c3c1)CCC(N1CCC[C@H]1C)CC2. The fourth-order valence-electron chi connectivity index (χ4n) is 6.88. The summed E-state index contributed by atoms with van der Waals surface area (Å²) < 4.78 is 5.85. The molecule has 0 spiro atoms. The highest BCUT2D eigenvalue weighted by Gasteiger charge is 2.29. The molecule has 200 valence electrons. The van der Waals surface area contributed by atoms with E-state index in [1.807, 2.05) is 24.4 Å². The first-order valence-corrected chi connectivity index (χ1v) is 14.3. The van der Waals surface area contributed by atoms with Crippen molar-refractivity contribution in [1.82, 2.24) is 25.4 Å². The third kappa shape index (κ3) is 4.39. The van der Waals surface area contributed by atoms with Crippen molar-refractivity contribution >= 4 is 16.9 Å². The lowest BCUT2D eigenvalue weighted by Gasteiger charge is -2.30. The number of aromatic nitrogens is 3. The summed E-state index contributed by atoms with van der Waals surface area (Å²) in [6.45, 7) is 6.82. The van der Waals surface area contributed by atoms with E-state index in [0.29, 0.717) is 30.5 Å². The Kier molecular flexibility index (Phi) is 6.11. The molecule has 39 heavy (non-hydrogen) atoms. The molecule has 0 saturated carbocycles. The lowest BCUT2D eigenvalue weighted by molar-refractivity contribution is 0.0957. The number of amides is 1. The second-order valence-corrected chi connectivity index (χ2v) is 11.4. The van der Waals surface area contributed by atoms with Gasteiger partial charge in [-0.15, -0.1) is 0 Å². The highest BCUT2D eigenvalue weighted by atomic mass is 16.5. The summed E-state index contributed by atoms with van der Waals surface area (Å²) >= 11 is 0. The van der Waals surface area contributed by atoms with Gasteiger partial charge in [-0.25, -0.2) is 4.98 Å². The first kappa shape index (κ1) is 24.3. The molecule has 1 unspecified atom stereocenters. The second kappa shape index (κ2) is 9.79. The molecule has 2 atom stereocenters. The molecule has 2 aliphatic heterocycles. The van der Waals surface area contributed by atoms with Crippen LogP contribution < -0.4 is 10.1 Å². The lowest BCUT2D eigenvalue weighted by Crippen LogP contribution is -2.37. The number of carbonyl (C=O) groups is 1. The molecular weight excluding hydrogens is 486 g/mol. The van der Waals surface area contributed by atoms with Crippen LogP contribution in [0.1, 0.15) is 59.7 Å². The fourth-order valence-corrected chi connectivity index (χ4v) is 6.88. The number of pyridine rings is 1. The van der Waals surface area contributed by atoms with E-state index >= 15 is 0 Å². The first-order chi connectivity index (χ1) is 19.0. The summed E-state index contributed by atoms with van der Waals surface area (Å²) in [6, 6.07) is 14.1. The van der Waals surface area contributed by atoms with Crippen LogP contribution in [0.15, 0.2) is 42.6 Å². The number of nitrogens with one attached hydrogen (secondary N) is 2. The Hall–Kier alpha value is -3.71. The summed E-state index contributed by atoms with van der Waals surface area (Å²) in [7, 11) is 0. The van der Waals surface area contributed by atoms with Crippen LogP contribution in [0, 0.1) is 6.92 Å². The Morgan fingerprint density at radius 2 is 1.85 bits per heavy atom. The minimum Gasteiger partial charge on any atom is -0.491 e. The van der Waals surface area contributed by atoms with Crippen LogP contribution in [0.4, 0.5) is 0 Å². The van der Waals surface area contributed by atoms with Crippen molar-refractivity contribution in [3.8, 4) is 28.1 Å². The smallest absolute Gasteiger partial charge is 0.255 e. The van der Waals surface area contributed by atoms with Gasteiger partial charge in [-0.3, -0.25) is 14.8 Å². The van der Waals surface area contributed by atoms with Crippen molar-refractivity contribution in [2.24, 2.45) is 0 Å². The van der Waals surface area contributed by atoms with Crippen molar-refractivity contribution in [3.05, 3.63) is 64.8 Å². The van der Waals surface area contributed by atoms with Gasteiger partial charge in [0.2, 0.25) is 0 Å². The quantitative estimate of drug-likeness (QED) is 0.350. The monoisotopic (exact) mass is 521 g/mol. The van der Waals surface area contributed by atoms with Crippen molar-refractivity contribution in [1.29, 1.82) is 0 Å². The number of aryl methyl sites for hydroxylation is 3. The molecule has 7 heteroatoms. The Labute approximate surface area is 229 Å². The number of aromatic amines is 1. The molecule has 3 aliphatic rings. The average molecular weight is 522 g/mol. The molecule has 4 heterocycles. The molecule has 4 aromatic rings. The zero-order valence-corrected chi connectivity index (χ0v) is 22.7.